The van der Waals surface area contributed by atoms with Crippen molar-refractivity contribution in [2.75, 3.05) is 17.3 Å². The molecule has 1 N–H and O–H groups in total. The van der Waals surface area contributed by atoms with Crippen LogP contribution in [0.4, 0.5) is 23.1 Å². The number of nitrogens with one attached hydrogen (secondary N) is 1. The minimum absolute atomic E-state index is 0.465. The molecule has 0 aliphatic rings. The molecule has 0 spiro atoms. The quantitative estimate of drug-likeness (QED) is 0.735. The number of aromatic nitrogens is 3. The Kier molecular flexibility index (Phi) is 4.52. The lowest BCUT2D eigenvalue weighted by Crippen LogP contribution is -2.13. The van der Waals surface area contributed by atoms with Crippen molar-refractivity contribution in [2.45, 2.75) is 6.92 Å². The van der Waals surface area contributed by atoms with Crippen molar-refractivity contribution in [3.05, 3.63) is 64.8 Å². The van der Waals surface area contributed by atoms with E-state index in [-0.39, 0.29) is 0 Å². The highest BCUT2D eigenvalue weighted by molar-refractivity contribution is 9.10. The Morgan fingerprint density at radius 3 is 2.61 bits per heavy atom. The van der Waals surface area contributed by atoms with Crippen molar-refractivity contribution >= 4 is 39.1 Å². The van der Waals surface area contributed by atoms with Gasteiger partial charge in [-0.2, -0.15) is 10.1 Å². The van der Waals surface area contributed by atoms with Gasteiger partial charge in [0, 0.05) is 22.9 Å². The zero-order valence-electron chi connectivity index (χ0n) is 12.9. The summed E-state index contributed by atoms with van der Waals surface area (Å²) >= 11 is 3.49. The Labute approximate surface area is 143 Å². The maximum atomic E-state index is 4.53. The Hall–Kier alpha value is -2.47. The highest BCUT2D eigenvalue weighted by Gasteiger charge is 2.08. The summed E-state index contributed by atoms with van der Waals surface area (Å²) in [4.78, 5) is 6.49. The van der Waals surface area contributed by atoms with Gasteiger partial charge in [-0.25, -0.2) is 0 Å². The van der Waals surface area contributed by atoms with Gasteiger partial charge in [0.05, 0.1) is 6.20 Å². The number of aryl methyl sites for hydroxylation is 1. The third-order valence-corrected chi connectivity index (χ3v) is 4.34. The van der Waals surface area contributed by atoms with Crippen LogP contribution in [0.15, 0.2) is 59.2 Å². The van der Waals surface area contributed by atoms with Crippen LogP contribution in [0, 0.1) is 6.92 Å². The molecule has 0 saturated heterocycles. The van der Waals surface area contributed by atoms with E-state index < -0.39 is 0 Å². The lowest BCUT2D eigenvalue weighted by atomic mass is 10.2. The van der Waals surface area contributed by atoms with E-state index >= 15 is 0 Å². The van der Waals surface area contributed by atoms with Crippen LogP contribution in [-0.2, 0) is 0 Å². The molecular formula is C17H16BrN5. The summed E-state index contributed by atoms with van der Waals surface area (Å²) < 4.78 is 1.07. The minimum Gasteiger partial charge on any atom is -0.328 e. The first-order chi connectivity index (χ1) is 11.1. The molecule has 0 aliphatic carbocycles. The Bertz CT molecular complexity index is 807. The molecule has 0 amide bonds. The second-order valence-corrected chi connectivity index (χ2v) is 5.98. The summed E-state index contributed by atoms with van der Waals surface area (Å²) in [5, 5.41) is 11.3. The van der Waals surface area contributed by atoms with Gasteiger partial charge in [0.1, 0.15) is 0 Å². The summed E-state index contributed by atoms with van der Waals surface area (Å²) in [6.45, 7) is 2.04. The zero-order chi connectivity index (χ0) is 16.2. The van der Waals surface area contributed by atoms with Gasteiger partial charge < -0.3 is 10.2 Å². The molecule has 0 unspecified atom stereocenters. The first-order valence-electron chi connectivity index (χ1n) is 7.15. The fraction of sp³-hybridized carbons (Fsp3) is 0.118. The summed E-state index contributed by atoms with van der Waals surface area (Å²) in [5.41, 5.74) is 3.10. The largest absolute Gasteiger partial charge is 0.328 e. The molecule has 3 aromatic rings. The average Bonchev–Trinajstić information content (AvgIpc) is 2.58. The van der Waals surface area contributed by atoms with Gasteiger partial charge in [-0.15, -0.1) is 5.10 Å². The number of nitrogens with zero attached hydrogens (tertiary/aromatic N) is 4. The van der Waals surface area contributed by atoms with Crippen LogP contribution in [0.1, 0.15) is 5.56 Å². The molecule has 3 rings (SSSR count). The second kappa shape index (κ2) is 6.75. The van der Waals surface area contributed by atoms with Gasteiger partial charge in [-0.3, -0.25) is 0 Å². The maximum Gasteiger partial charge on any atom is 0.249 e. The topological polar surface area (TPSA) is 53.9 Å². The molecule has 0 atom stereocenters. The normalized spacial score (nSPS) is 10.4. The summed E-state index contributed by atoms with van der Waals surface area (Å²) in [7, 11) is 1.95. The fourth-order valence-electron chi connectivity index (χ4n) is 2.14. The van der Waals surface area contributed by atoms with Crippen molar-refractivity contribution in [2.24, 2.45) is 0 Å². The van der Waals surface area contributed by atoms with E-state index in [1.807, 2.05) is 67.4 Å². The van der Waals surface area contributed by atoms with E-state index in [0.717, 1.165) is 27.2 Å². The predicted octanol–water partition coefficient (Wildman–Crippen LogP) is 4.45. The zero-order valence-corrected chi connectivity index (χ0v) is 14.4. The van der Waals surface area contributed by atoms with E-state index in [2.05, 4.69) is 36.4 Å². The van der Waals surface area contributed by atoms with Crippen LogP contribution in [0.25, 0.3) is 0 Å². The van der Waals surface area contributed by atoms with Crippen LogP contribution in [0.2, 0.25) is 0 Å². The van der Waals surface area contributed by atoms with E-state index in [9.17, 15) is 0 Å². The SMILES string of the molecule is Cc1cc(Nc2nncc(N(C)c3ccccc3)n2)ccc1Br. The molecule has 0 fully saturated rings. The van der Waals surface area contributed by atoms with Crippen molar-refractivity contribution < 1.29 is 0 Å². The van der Waals surface area contributed by atoms with Crippen molar-refractivity contribution in [1.29, 1.82) is 0 Å². The first-order valence-corrected chi connectivity index (χ1v) is 7.94. The van der Waals surface area contributed by atoms with E-state index in [1.165, 1.54) is 0 Å². The summed E-state index contributed by atoms with van der Waals surface area (Å²) in [6, 6.07) is 16.0. The summed E-state index contributed by atoms with van der Waals surface area (Å²) in [5.74, 6) is 1.19. The molecule has 23 heavy (non-hydrogen) atoms. The standard InChI is InChI=1S/C17H16BrN5/c1-12-10-13(8-9-15(12)18)20-17-21-16(11-19-22-17)23(2)14-6-4-3-5-7-14/h3-11H,1-2H3,(H,20,21,22). The number of anilines is 4. The minimum atomic E-state index is 0.465. The van der Waals surface area contributed by atoms with Crippen LogP contribution in [0.5, 0.6) is 0 Å². The van der Waals surface area contributed by atoms with E-state index in [4.69, 9.17) is 0 Å². The van der Waals surface area contributed by atoms with Crippen LogP contribution < -0.4 is 10.2 Å². The van der Waals surface area contributed by atoms with Gasteiger partial charge in [0.25, 0.3) is 0 Å². The average molecular weight is 370 g/mol. The molecule has 0 aliphatic heterocycles. The molecular weight excluding hydrogens is 354 g/mol. The molecule has 6 heteroatoms. The maximum absolute atomic E-state index is 4.53. The smallest absolute Gasteiger partial charge is 0.249 e. The third kappa shape index (κ3) is 3.65. The number of hydrogen-bond acceptors (Lipinski definition) is 5. The highest BCUT2D eigenvalue weighted by atomic mass is 79.9. The molecule has 5 nitrogen and oxygen atoms in total. The van der Waals surface area contributed by atoms with Gasteiger partial charge >= 0.3 is 0 Å². The van der Waals surface area contributed by atoms with Crippen molar-refractivity contribution in [3.63, 3.8) is 0 Å². The number of para-hydroxylation sites is 1. The molecule has 1 aromatic heterocycles. The molecule has 0 saturated carbocycles. The van der Waals surface area contributed by atoms with Gasteiger partial charge in [0.15, 0.2) is 5.82 Å². The predicted molar refractivity (Wildman–Crippen MR) is 96.5 cm³/mol. The number of hydrogen-bond donors (Lipinski definition) is 1. The number of rotatable bonds is 4. The lowest BCUT2D eigenvalue weighted by molar-refractivity contribution is 0.957. The Morgan fingerprint density at radius 2 is 1.87 bits per heavy atom. The Morgan fingerprint density at radius 1 is 1.09 bits per heavy atom. The van der Waals surface area contributed by atoms with Crippen molar-refractivity contribution in [3.8, 4) is 0 Å². The van der Waals surface area contributed by atoms with Gasteiger partial charge in [0.2, 0.25) is 5.95 Å². The van der Waals surface area contributed by atoms with Crippen LogP contribution >= 0.6 is 15.9 Å². The van der Waals surface area contributed by atoms with Gasteiger partial charge in [-0.1, -0.05) is 34.1 Å². The Balaban J connectivity index is 1.83. The van der Waals surface area contributed by atoms with E-state index in [0.29, 0.717) is 5.95 Å². The van der Waals surface area contributed by atoms with E-state index in [1.54, 1.807) is 6.20 Å². The fourth-order valence-corrected chi connectivity index (χ4v) is 2.39. The molecule has 2 aromatic carbocycles. The third-order valence-electron chi connectivity index (χ3n) is 3.45. The van der Waals surface area contributed by atoms with Crippen LogP contribution in [0.3, 0.4) is 0 Å². The molecule has 0 bridgehead atoms. The molecule has 0 radical (unpaired) electrons. The highest BCUT2D eigenvalue weighted by Crippen LogP contribution is 2.24. The van der Waals surface area contributed by atoms with Crippen LogP contribution in [-0.4, -0.2) is 22.2 Å². The number of halogens is 1. The molecule has 1 heterocycles. The molecule has 116 valence electrons. The monoisotopic (exact) mass is 369 g/mol. The first kappa shape index (κ1) is 15.4. The second-order valence-electron chi connectivity index (χ2n) is 5.12. The summed E-state index contributed by atoms with van der Waals surface area (Å²) in [6.07, 6.45) is 1.64. The lowest BCUT2D eigenvalue weighted by Gasteiger charge is -2.18. The number of benzene rings is 2. The van der Waals surface area contributed by atoms with Crippen molar-refractivity contribution in [1.82, 2.24) is 15.2 Å². The van der Waals surface area contributed by atoms with Gasteiger partial charge in [-0.05, 0) is 42.8 Å².